The largest absolute Gasteiger partial charge is 0.507 e. The van der Waals surface area contributed by atoms with Gasteiger partial charge in [0.1, 0.15) is 11.4 Å². The molecule has 2 unspecified atom stereocenters. The fraction of sp³-hybridized carbons (Fsp3) is 0.550. The molecule has 138 valence electrons. The van der Waals surface area contributed by atoms with E-state index in [-0.39, 0.29) is 23.5 Å². The molecule has 0 amide bonds. The zero-order valence-electron chi connectivity index (χ0n) is 14.8. The minimum absolute atomic E-state index is 0.0226. The maximum Gasteiger partial charge on any atom is 0.273 e. The lowest BCUT2D eigenvalue weighted by atomic mass is 9.76. The monoisotopic (exact) mass is 352 g/mol. The van der Waals surface area contributed by atoms with E-state index in [1.807, 2.05) is 0 Å². The van der Waals surface area contributed by atoms with Crippen LogP contribution in [0.25, 0.3) is 0 Å². The molecular weight excluding hydrogens is 326 g/mol. The van der Waals surface area contributed by atoms with Crippen LogP contribution in [0.5, 0.6) is 5.75 Å². The molecule has 5 heteroatoms. The first kappa shape index (κ1) is 19.6. The van der Waals surface area contributed by atoms with Crippen LogP contribution in [0, 0.1) is 5.92 Å². The lowest BCUT2D eigenvalue weighted by molar-refractivity contribution is -0.181. The van der Waals surface area contributed by atoms with Crippen LogP contribution in [-0.2, 0) is 0 Å². The van der Waals surface area contributed by atoms with Crippen LogP contribution in [0.3, 0.4) is 0 Å². The first-order valence-electron chi connectivity index (χ1n) is 8.75. The fourth-order valence-electron chi connectivity index (χ4n) is 3.45. The second-order valence-electron chi connectivity index (χ2n) is 7.11. The Hall–Kier alpha value is -1.75. The molecule has 0 bridgehead atoms. The highest BCUT2D eigenvalue weighted by atomic mass is 19.3. The van der Waals surface area contributed by atoms with Crippen molar-refractivity contribution in [1.29, 1.82) is 0 Å². The molecule has 0 heterocycles. The summed E-state index contributed by atoms with van der Waals surface area (Å²) >= 11 is 0. The summed E-state index contributed by atoms with van der Waals surface area (Å²) in [7, 11) is 0. The van der Waals surface area contributed by atoms with Crippen molar-refractivity contribution in [3.8, 4) is 5.75 Å². The van der Waals surface area contributed by atoms with E-state index in [1.54, 1.807) is 18.2 Å². The molecule has 0 aromatic heterocycles. The van der Waals surface area contributed by atoms with Gasteiger partial charge in [-0.15, -0.1) is 0 Å². The molecule has 1 aliphatic carbocycles. The van der Waals surface area contributed by atoms with Gasteiger partial charge in [-0.2, -0.15) is 0 Å². The summed E-state index contributed by atoms with van der Waals surface area (Å²) in [6, 6.07) is 6.28. The van der Waals surface area contributed by atoms with Gasteiger partial charge < -0.3 is 10.2 Å². The number of hydrogen-bond donors (Lipinski definition) is 2. The van der Waals surface area contributed by atoms with E-state index in [4.69, 9.17) is 0 Å². The molecule has 1 aromatic rings. The number of benzene rings is 1. The summed E-state index contributed by atoms with van der Waals surface area (Å²) in [5.74, 6) is -4.26. The van der Waals surface area contributed by atoms with Crippen LogP contribution < -0.4 is 0 Å². The van der Waals surface area contributed by atoms with Gasteiger partial charge >= 0.3 is 0 Å². The number of allylic oxidation sites excluding steroid dienone is 1. The molecular formula is C20H26F2O3. The number of Topliss-reactive ketones (excluding diaryl/α,β-unsaturated/α-hetero) is 1. The summed E-state index contributed by atoms with van der Waals surface area (Å²) in [5.41, 5.74) is -1.22. The van der Waals surface area contributed by atoms with Gasteiger partial charge in [0, 0.05) is 19.3 Å². The van der Waals surface area contributed by atoms with Crippen molar-refractivity contribution in [2.75, 3.05) is 0 Å². The minimum Gasteiger partial charge on any atom is -0.507 e. The number of rotatable bonds is 5. The van der Waals surface area contributed by atoms with Crippen LogP contribution in [0.1, 0.15) is 62.7 Å². The van der Waals surface area contributed by atoms with Crippen molar-refractivity contribution >= 4 is 5.78 Å². The quantitative estimate of drug-likeness (QED) is 0.451. The number of alkyl halides is 2. The number of carbonyl (C=O) groups excluding carboxylic acids is 1. The number of para-hydroxylation sites is 1. The highest BCUT2D eigenvalue weighted by molar-refractivity contribution is 5.99. The summed E-state index contributed by atoms with van der Waals surface area (Å²) in [6.07, 6.45) is 5.34. The first-order valence-corrected chi connectivity index (χ1v) is 8.75. The van der Waals surface area contributed by atoms with E-state index >= 15 is 0 Å². The predicted molar refractivity (Wildman–Crippen MR) is 93.0 cm³/mol. The van der Waals surface area contributed by atoms with Gasteiger partial charge in [0.2, 0.25) is 0 Å². The van der Waals surface area contributed by atoms with Crippen molar-refractivity contribution in [2.24, 2.45) is 5.92 Å². The van der Waals surface area contributed by atoms with E-state index in [9.17, 15) is 23.8 Å². The molecule has 2 atom stereocenters. The number of halogens is 2. The maximum absolute atomic E-state index is 13.9. The number of ketones is 1. The molecule has 0 spiro atoms. The van der Waals surface area contributed by atoms with Crippen molar-refractivity contribution < 1.29 is 23.8 Å². The zero-order valence-corrected chi connectivity index (χ0v) is 14.8. The Balaban J connectivity index is 2.25. The average Bonchev–Trinajstić information content (AvgIpc) is 2.77. The van der Waals surface area contributed by atoms with Gasteiger partial charge in [-0.05, 0) is 38.3 Å². The normalized spacial score (nSPS) is 23.1. The number of phenols is 1. The van der Waals surface area contributed by atoms with Crippen molar-refractivity contribution in [3.63, 3.8) is 0 Å². The number of carbonyl (C=O) groups is 1. The molecule has 2 N–H and O–H groups in total. The molecule has 0 saturated heterocycles. The van der Waals surface area contributed by atoms with E-state index in [2.05, 4.69) is 0 Å². The lowest BCUT2D eigenvalue weighted by Gasteiger charge is -2.38. The third-order valence-corrected chi connectivity index (χ3v) is 5.23. The molecule has 0 radical (unpaired) electrons. The third kappa shape index (κ3) is 4.46. The molecule has 2 rings (SSSR count). The first-order chi connectivity index (χ1) is 11.6. The maximum atomic E-state index is 13.9. The molecule has 1 aliphatic rings. The van der Waals surface area contributed by atoms with Crippen molar-refractivity contribution in [2.45, 2.75) is 63.9 Å². The second-order valence-corrected chi connectivity index (χ2v) is 7.11. The van der Waals surface area contributed by atoms with Gasteiger partial charge in [-0.1, -0.05) is 36.6 Å². The predicted octanol–water partition coefficient (Wildman–Crippen LogP) is 4.88. The van der Waals surface area contributed by atoms with Gasteiger partial charge in [0.05, 0.1) is 5.56 Å². The van der Waals surface area contributed by atoms with Crippen LogP contribution in [0.15, 0.2) is 35.9 Å². The highest BCUT2D eigenvalue weighted by Crippen LogP contribution is 2.43. The zero-order chi connectivity index (χ0) is 18.7. The molecule has 25 heavy (non-hydrogen) atoms. The molecule has 1 saturated carbocycles. The molecule has 1 aromatic carbocycles. The van der Waals surface area contributed by atoms with Gasteiger partial charge in [0.15, 0.2) is 5.78 Å². The Morgan fingerprint density at radius 1 is 1.24 bits per heavy atom. The number of aromatic hydroxyl groups is 1. The Bertz CT molecular complexity index is 645. The highest BCUT2D eigenvalue weighted by Gasteiger charge is 2.51. The summed E-state index contributed by atoms with van der Waals surface area (Å²) < 4.78 is 27.9. The van der Waals surface area contributed by atoms with Crippen LogP contribution in [0.2, 0.25) is 0 Å². The number of hydrogen-bond acceptors (Lipinski definition) is 3. The molecule has 3 nitrogen and oxygen atoms in total. The SMILES string of the molecule is CC(F)(F)C(C)(O)C1CCCCC/C1=C/CC(=O)c1ccccc1O. The Morgan fingerprint density at radius 3 is 2.56 bits per heavy atom. The molecule has 1 fully saturated rings. The lowest BCUT2D eigenvalue weighted by Crippen LogP contribution is -2.50. The van der Waals surface area contributed by atoms with Crippen LogP contribution in [0.4, 0.5) is 8.78 Å². The Morgan fingerprint density at radius 2 is 1.92 bits per heavy atom. The number of aliphatic hydroxyl groups is 1. The van der Waals surface area contributed by atoms with E-state index in [1.165, 1.54) is 19.1 Å². The van der Waals surface area contributed by atoms with Crippen molar-refractivity contribution in [1.82, 2.24) is 0 Å². The van der Waals surface area contributed by atoms with E-state index < -0.39 is 17.4 Å². The van der Waals surface area contributed by atoms with Crippen molar-refractivity contribution in [3.05, 3.63) is 41.5 Å². The Kier molecular flexibility index (Phi) is 5.99. The standard InChI is InChI=1S/C20H26F2O3/c1-19(25,20(2,21)22)16-10-5-3-4-8-14(16)12-13-18(24)15-9-6-7-11-17(15)23/h6-7,9,11-12,16,23,25H,3-5,8,10,13H2,1-2H3/b14-12-. The van der Waals surface area contributed by atoms with Gasteiger partial charge in [0.25, 0.3) is 5.92 Å². The van der Waals surface area contributed by atoms with Crippen LogP contribution in [-0.4, -0.2) is 27.5 Å². The molecule has 0 aliphatic heterocycles. The third-order valence-electron chi connectivity index (χ3n) is 5.23. The summed E-state index contributed by atoms with van der Waals surface area (Å²) in [4.78, 5) is 12.3. The Labute approximate surface area is 147 Å². The topological polar surface area (TPSA) is 57.5 Å². The average molecular weight is 352 g/mol. The van der Waals surface area contributed by atoms with E-state index in [0.29, 0.717) is 18.4 Å². The number of phenolic OH excluding ortho intramolecular Hbond substituents is 1. The smallest absolute Gasteiger partial charge is 0.273 e. The van der Waals surface area contributed by atoms with Gasteiger partial charge in [-0.25, -0.2) is 8.78 Å². The summed E-state index contributed by atoms with van der Waals surface area (Å²) in [5, 5.41) is 20.3. The van der Waals surface area contributed by atoms with Crippen LogP contribution >= 0.6 is 0 Å². The van der Waals surface area contributed by atoms with Gasteiger partial charge in [-0.3, -0.25) is 4.79 Å². The second kappa shape index (κ2) is 7.65. The minimum atomic E-state index is -3.23. The summed E-state index contributed by atoms with van der Waals surface area (Å²) in [6.45, 7) is 1.92. The fourth-order valence-corrected chi connectivity index (χ4v) is 3.45. The van der Waals surface area contributed by atoms with E-state index in [0.717, 1.165) is 26.2 Å².